The molecule has 1 saturated heterocycles. The van der Waals surface area contributed by atoms with Gasteiger partial charge in [-0.15, -0.1) is 0 Å². The molecule has 2 aromatic rings. The zero-order chi connectivity index (χ0) is 21.0. The van der Waals surface area contributed by atoms with E-state index in [4.69, 9.17) is 0 Å². The minimum absolute atomic E-state index is 0.0340. The maximum absolute atomic E-state index is 13.3. The molecule has 1 aliphatic heterocycles. The summed E-state index contributed by atoms with van der Waals surface area (Å²) in [4.78, 5) is 1.96. The summed E-state index contributed by atoms with van der Waals surface area (Å²) in [6.45, 7) is 1.68. The van der Waals surface area contributed by atoms with Crippen molar-refractivity contribution in [2.24, 2.45) is 5.92 Å². The van der Waals surface area contributed by atoms with Crippen molar-refractivity contribution in [2.75, 3.05) is 26.7 Å². The Labute approximate surface area is 167 Å². The van der Waals surface area contributed by atoms with Crippen LogP contribution in [0.1, 0.15) is 34.6 Å². The second-order valence-corrected chi connectivity index (χ2v) is 7.78. The Bertz CT molecular complexity index is 804. The summed E-state index contributed by atoms with van der Waals surface area (Å²) >= 11 is 0. The standard InChI is InChI=1S/C22H25F5N2/c1-29(13-16-8-15(11-23)9-19(10-16)22(25,26)27)14-18-12-28-7-6-21(18)17-2-4-20(24)5-3-17/h2-5,8-10,18,21,28H,6-7,11-14H2,1H3/t18?,21-/m0/s1. The lowest BCUT2D eigenvalue weighted by Crippen LogP contribution is -2.41. The van der Waals surface area contributed by atoms with Gasteiger partial charge in [-0.3, -0.25) is 0 Å². The predicted molar refractivity (Wildman–Crippen MR) is 103 cm³/mol. The Kier molecular flexibility index (Phi) is 6.90. The molecule has 0 spiro atoms. The van der Waals surface area contributed by atoms with Gasteiger partial charge < -0.3 is 10.2 Å². The van der Waals surface area contributed by atoms with Gasteiger partial charge in [0.15, 0.2) is 0 Å². The summed E-state index contributed by atoms with van der Waals surface area (Å²) in [5.41, 5.74) is 0.730. The summed E-state index contributed by atoms with van der Waals surface area (Å²) in [6, 6.07) is 9.96. The van der Waals surface area contributed by atoms with E-state index in [2.05, 4.69) is 5.32 Å². The number of piperidine rings is 1. The van der Waals surface area contributed by atoms with E-state index in [1.807, 2.05) is 11.9 Å². The average Bonchev–Trinajstić information content (AvgIpc) is 2.68. The SMILES string of the molecule is CN(Cc1cc(CF)cc(C(F)(F)F)c1)CC1CNCC[C@H]1c1ccc(F)cc1. The number of nitrogens with one attached hydrogen (secondary N) is 1. The van der Waals surface area contributed by atoms with E-state index < -0.39 is 18.4 Å². The molecule has 29 heavy (non-hydrogen) atoms. The summed E-state index contributed by atoms with van der Waals surface area (Å²) in [5.74, 6) is 0.220. The van der Waals surface area contributed by atoms with Gasteiger partial charge in [-0.1, -0.05) is 18.2 Å². The maximum atomic E-state index is 13.3. The molecule has 0 amide bonds. The van der Waals surface area contributed by atoms with Crippen molar-refractivity contribution < 1.29 is 22.0 Å². The molecule has 0 aliphatic carbocycles. The molecule has 0 radical (unpaired) electrons. The van der Waals surface area contributed by atoms with E-state index in [0.29, 0.717) is 18.7 Å². The molecule has 0 saturated carbocycles. The zero-order valence-electron chi connectivity index (χ0n) is 16.3. The van der Waals surface area contributed by atoms with Crippen molar-refractivity contribution in [3.8, 4) is 0 Å². The molecule has 3 rings (SSSR count). The fourth-order valence-electron chi connectivity index (χ4n) is 4.13. The molecule has 2 aromatic carbocycles. The Hall–Kier alpha value is -1.99. The second kappa shape index (κ2) is 9.22. The molecular weight excluding hydrogens is 387 g/mol. The molecule has 1 heterocycles. The van der Waals surface area contributed by atoms with Crippen LogP contribution in [0.25, 0.3) is 0 Å². The maximum Gasteiger partial charge on any atom is 0.416 e. The third-order valence-electron chi connectivity index (χ3n) is 5.44. The molecule has 2 nitrogen and oxygen atoms in total. The Morgan fingerprint density at radius 2 is 1.76 bits per heavy atom. The molecular formula is C22H25F5N2. The molecule has 1 fully saturated rings. The highest BCUT2D eigenvalue weighted by Gasteiger charge is 2.31. The third-order valence-corrected chi connectivity index (χ3v) is 5.44. The number of hydrogen-bond donors (Lipinski definition) is 1. The number of benzene rings is 2. The van der Waals surface area contributed by atoms with Gasteiger partial charge in [0.1, 0.15) is 12.5 Å². The largest absolute Gasteiger partial charge is 0.416 e. The number of rotatable bonds is 6. The minimum Gasteiger partial charge on any atom is -0.316 e. The number of halogens is 5. The van der Waals surface area contributed by atoms with Crippen LogP contribution in [-0.2, 0) is 19.4 Å². The van der Waals surface area contributed by atoms with E-state index in [1.54, 1.807) is 12.1 Å². The predicted octanol–water partition coefficient (Wildman–Crippen LogP) is 5.14. The summed E-state index contributed by atoms with van der Waals surface area (Å²) in [6.07, 6.45) is -3.58. The minimum atomic E-state index is -4.50. The Balaban J connectivity index is 1.72. The topological polar surface area (TPSA) is 15.3 Å². The van der Waals surface area contributed by atoms with E-state index in [9.17, 15) is 22.0 Å². The van der Waals surface area contributed by atoms with E-state index in [0.717, 1.165) is 37.2 Å². The summed E-state index contributed by atoms with van der Waals surface area (Å²) in [7, 11) is 1.85. The first-order valence-electron chi connectivity index (χ1n) is 9.67. The van der Waals surface area contributed by atoms with Gasteiger partial charge in [-0.05, 0) is 79.3 Å². The van der Waals surface area contributed by atoms with Crippen LogP contribution >= 0.6 is 0 Å². The van der Waals surface area contributed by atoms with Crippen LogP contribution in [0.2, 0.25) is 0 Å². The van der Waals surface area contributed by atoms with Crippen LogP contribution in [0.4, 0.5) is 22.0 Å². The van der Waals surface area contributed by atoms with E-state index in [-0.39, 0.29) is 23.2 Å². The Morgan fingerprint density at radius 1 is 1.07 bits per heavy atom. The van der Waals surface area contributed by atoms with Gasteiger partial charge in [0.05, 0.1) is 5.56 Å². The van der Waals surface area contributed by atoms with Crippen LogP contribution in [0.5, 0.6) is 0 Å². The Morgan fingerprint density at radius 3 is 2.41 bits per heavy atom. The lowest BCUT2D eigenvalue weighted by atomic mass is 9.81. The number of hydrogen-bond acceptors (Lipinski definition) is 2. The van der Waals surface area contributed by atoms with Crippen molar-refractivity contribution in [3.63, 3.8) is 0 Å². The van der Waals surface area contributed by atoms with Crippen molar-refractivity contribution in [1.29, 1.82) is 0 Å². The molecule has 1 unspecified atom stereocenters. The summed E-state index contributed by atoms with van der Waals surface area (Å²) < 4.78 is 65.6. The second-order valence-electron chi connectivity index (χ2n) is 7.78. The van der Waals surface area contributed by atoms with Crippen molar-refractivity contribution in [1.82, 2.24) is 10.2 Å². The number of alkyl halides is 4. The van der Waals surface area contributed by atoms with Crippen LogP contribution in [0.3, 0.4) is 0 Å². The van der Waals surface area contributed by atoms with E-state index in [1.165, 1.54) is 18.2 Å². The smallest absolute Gasteiger partial charge is 0.316 e. The first kappa shape index (κ1) is 21.7. The lowest BCUT2D eigenvalue weighted by Gasteiger charge is -2.35. The highest BCUT2D eigenvalue weighted by molar-refractivity contribution is 5.32. The van der Waals surface area contributed by atoms with Crippen molar-refractivity contribution in [2.45, 2.75) is 31.7 Å². The van der Waals surface area contributed by atoms with Gasteiger partial charge in [0.2, 0.25) is 0 Å². The molecule has 0 aromatic heterocycles. The van der Waals surface area contributed by atoms with Gasteiger partial charge in [-0.25, -0.2) is 8.78 Å². The first-order valence-corrected chi connectivity index (χ1v) is 9.67. The molecule has 2 atom stereocenters. The van der Waals surface area contributed by atoms with Crippen molar-refractivity contribution >= 4 is 0 Å². The monoisotopic (exact) mass is 412 g/mol. The highest BCUT2D eigenvalue weighted by Crippen LogP contribution is 2.33. The van der Waals surface area contributed by atoms with Crippen molar-refractivity contribution in [3.05, 3.63) is 70.5 Å². The van der Waals surface area contributed by atoms with E-state index >= 15 is 0 Å². The van der Waals surface area contributed by atoms with Crippen LogP contribution in [0.15, 0.2) is 42.5 Å². The highest BCUT2D eigenvalue weighted by atomic mass is 19.4. The molecule has 158 valence electrons. The van der Waals surface area contributed by atoms with Gasteiger partial charge in [0, 0.05) is 13.1 Å². The van der Waals surface area contributed by atoms with Gasteiger partial charge in [0.25, 0.3) is 0 Å². The average molecular weight is 412 g/mol. The van der Waals surface area contributed by atoms with Gasteiger partial charge in [-0.2, -0.15) is 13.2 Å². The third kappa shape index (κ3) is 5.76. The molecule has 0 bridgehead atoms. The fraction of sp³-hybridized carbons (Fsp3) is 0.455. The molecule has 1 aliphatic rings. The van der Waals surface area contributed by atoms with Crippen LogP contribution < -0.4 is 5.32 Å². The fourth-order valence-corrected chi connectivity index (χ4v) is 4.13. The molecule has 7 heteroatoms. The van der Waals surface area contributed by atoms with Gasteiger partial charge >= 0.3 is 6.18 Å². The summed E-state index contributed by atoms with van der Waals surface area (Å²) in [5, 5.41) is 3.36. The van der Waals surface area contributed by atoms with Crippen LogP contribution in [-0.4, -0.2) is 31.6 Å². The number of nitrogens with zero attached hydrogens (tertiary/aromatic N) is 1. The zero-order valence-corrected chi connectivity index (χ0v) is 16.3. The lowest BCUT2D eigenvalue weighted by molar-refractivity contribution is -0.137. The quantitative estimate of drug-likeness (QED) is 0.661. The normalized spacial score (nSPS) is 20.2. The first-order chi connectivity index (χ1) is 13.8. The van der Waals surface area contributed by atoms with Crippen LogP contribution in [0, 0.1) is 11.7 Å². The molecule has 1 N–H and O–H groups in total.